The lowest BCUT2D eigenvalue weighted by Gasteiger charge is -2.29. The topological polar surface area (TPSA) is 53.1 Å². The van der Waals surface area contributed by atoms with Crippen molar-refractivity contribution in [1.29, 1.82) is 0 Å². The van der Waals surface area contributed by atoms with Gasteiger partial charge in [-0.15, -0.1) is 0 Å². The van der Waals surface area contributed by atoms with Crippen molar-refractivity contribution in [3.8, 4) is 0 Å². The summed E-state index contributed by atoms with van der Waals surface area (Å²) in [5.74, 6) is -1.17. The molecule has 0 aliphatic carbocycles. The molecule has 6 nitrogen and oxygen atoms in total. The van der Waals surface area contributed by atoms with Crippen molar-refractivity contribution in [3.05, 3.63) is 65.6 Å². The molecule has 2 aromatic carbocycles. The third kappa shape index (κ3) is 3.49. The Morgan fingerprint density at radius 2 is 1.66 bits per heavy atom. The van der Waals surface area contributed by atoms with Crippen LogP contribution in [0, 0.1) is 5.82 Å². The van der Waals surface area contributed by atoms with Crippen molar-refractivity contribution < 1.29 is 18.7 Å². The van der Waals surface area contributed by atoms with Gasteiger partial charge in [0.05, 0.1) is 24.5 Å². The third-order valence-corrected chi connectivity index (χ3v) is 5.12. The van der Waals surface area contributed by atoms with Gasteiger partial charge in [-0.05, 0) is 35.9 Å². The summed E-state index contributed by atoms with van der Waals surface area (Å²) in [4.78, 5) is 31.8. The van der Waals surface area contributed by atoms with Gasteiger partial charge in [0.2, 0.25) is 0 Å². The van der Waals surface area contributed by atoms with E-state index in [0.717, 1.165) is 5.69 Å². The van der Waals surface area contributed by atoms with Gasteiger partial charge >= 0.3 is 0 Å². The van der Waals surface area contributed by atoms with Gasteiger partial charge in [0.1, 0.15) is 11.5 Å². The molecule has 0 spiro atoms. The summed E-state index contributed by atoms with van der Waals surface area (Å²) in [6.45, 7) is 2.00. The molecule has 0 radical (unpaired) electrons. The number of benzene rings is 2. The van der Waals surface area contributed by atoms with E-state index in [1.54, 1.807) is 12.1 Å². The number of morpholine rings is 1. The molecule has 4 rings (SSSR count). The molecule has 0 bridgehead atoms. The minimum atomic E-state index is -0.404. The highest BCUT2D eigenvalue weighted by atomic mass is 19.1. The van der Waals surface area contributed by atoms with Gasteiger partial charge in [0.15, 0.2) is 0 Å². The molecule has 2 aliphatic rings. The van der Waals surface area contributed by atoms with E-state index in [1.807, 2.05) is 36.0 Å². The predicted octanol–water partition coefficient (Wildman–Crippen LogP) is 2.51. The summed E-state index contributed by atoms with van der Waals surface area (Å²) >= 11 is 0. The van der Waals surface area contributed by atoms with Crippen molar-refractivity contribution in [2.45, 2.75) is 0 Å². The van der Waals surface area contributed by atoms with Crippen molar-refractivity contribution in [2.75, 3.05) is 50.2 Å². The summed E-state index contributed by atoms with van der Waals surface area (Å²) in [6, 6.07) is 12.9. The second-order valence-corrected chi connectivity index (χ2v) is 7.19. The van der Waals surface area contributed by atoms with Crippen molar-refractivity contribution >= 4 is 28.8 Å². The summed E-state index contributed by atoms with van der Waals surface area (Å²) < 4.78 is 18.9. The van der Waals surface area contributed by atoms with E-state index in [2.05, 4.69) is 0 Å². The molecule has 1 fully saturated rings. The van der Waals surface area contributed by atoms with Crippen LogP contribution >= 0.6 is 0 Å². The van der Waals surface area contributed by atoms with Gasteiger partial charge in [-0.25, -0.2) is 9.29 Å². The zero-order chi connectivity index (χ0) is 20.5. The maximum absolute atomic E-state index is 13.5. The lowest BCUT2D eigenvalue weighted by atomic mass is 10.0. The molecule has 0 saturated carbocycles. The Hall–Kier alpha value is -3.19. The Balaban J connectivity index is 1.81. The Bertz CT molecular complexity index is 979. The van der Waals surface area contributed by atoms with Gasteiger partial charge in [0.25, 0.3) is 11.8 Å². The number of ether oxygens (including phenoxy) is 1. The van der Waals surface area contributed by atoms with E-state index in [4.69, 9.17) is 4.74 Å². The number of hydrogen-bond acceptors (Lipinski definition) is 5. The molecule has 150 valence electrons. The SMILES string of the molecule is CN(C)c1cccc(N2C(=O)C(c3ccc(F)cc3)=C(N3CCOCC3)C2=O)c1. The fourth-order valence-corrected chi connectivity index (χ4v) is 3.62. The van der Waals surface area contributed by atoms with Crippen LogP contribution in [0.4, 0.5) is 15.8 Å². The fraction of sp³-hybridized carbons (Fsp3) is 0.273. The van der Waals surface area contributed by atoms with E-state index < -0.39 is 11.7 Å². The lowest BCUT2D eigenvalue weighted by Crippen LogP contribution is -2.40. The largest absolute Gasteiger partial charge is 0.378 e. The first-order valence-electron chi connectivity index (χ1n) is 9.46. The van der Waals surface area contributed by atoms with Crippen LogP contribution in [0.2, 0.25) is 0 Å². The normalized spacial score (nSPS) is 17.3. The van der Waals surface area contributed by atoms with Crippen LogP contribution in [0.5, 0.6) is 0 Å². The summed E-state index contributed by atoms with van der Waals surface area (Å²) in [5.41, 5.74) is 2.56. The van der Waals surface area contributed by atoms with Gasteiger partial charge in [-0.1, -0.05) is 18.2 Å². The smallest absolute Gasteiger partial charge is 0.282 e. The van der Waals surface area contributed by atoms with Gasteiger partial charge in [-0.2, -0.15) is 0 Å². The number of hydrogen-bond donors (Lipinski definition) is 0. The minimum Gasteiger partial charge on any atom is -0.378 e. The van der Waals surface area contributed by atoms with E-state index >= 15 is 0 Å². The zero-order valence-corrected chi connectivity index (χ0v) is 16.4. The maximum atomic E-state index is 13.5. The predicted molar refractivity (Wildman–Crippen MR) is 109 cm³/mol. The second-order valence-electron chi connectivity index (χ2n) is 7.19. The highest BCUT2D eigenvalue weighted by Gasteiger charge is 2.42. The molecule has 0 atom stereocenters. The first-order valence-corrected chi connectivity index (χ1v) is 9.46. The van der Waals surface area contributed by atoms with Crippen LogP contribution in [0.3, 0.4) is 0 Å². The van der Waals surface area contributed by atoms with Crippen molar-refractivity contribution in [2.24, 2.45) is 0 Å². The average molecular weight is 395 g/mol. The highest BCUT2D eigenvalue weighted by Crippen LogP contribution is 2.36. The monoisotopic (exact) mass is 395 g/mol. The number of rotatable bonds is 4. The number of nitrogens with zero attached hydrogens (tertiary/aromatic N) is 3. The first kappa shape index (κ1) is 19.1. The maximum Gasteiger partial charge on any atom is 0.282 e. The number of halogens is 1. The molecule has 0 N–H and O–H groups in total. The summed E-state index contributed by atoms with van der Waals surface area (Å²) in [5, 5.41) is 0. The molecule has 2 amide bonds. The van der Waals surface area contributed by atoms with Crippen LogP contribution in [-0.4, -0.2) is 57.1 Å². The number of imide groups is 1. The Kier molecular flexibility index (Phi) is 5.07. The Labute approximate surface area is 168 Å². The van der Waals surface area contributed by atoms with Gasteiger partial charge in [0, 0.05) is 32.9 Å². The molecule has 2 aliphatic heterocycles. The van der Waals surface area contributed by atoms with Crippen LogP contribution in [0.1, 0.15) is 5.56 Å². The van der Waals surface area contributed by atoms with Crippen LogP contribution < -0.4 is 9.80 Å². The van der Waals surface area contributed by atoms with E-state index in [1.165, 1.54) is 29.2 Å². The Morgan fingerprint density at radius 3 is 2.31 bits per heavy atom. The van der Waals surface area contributed by atoms with Crippen LogP contribution in [0.15, 0.2) is 54.2 Å². The number of carbonyl (C=O) groups excluding carboxylic acids is 2. The molecule has 0 unspecified atom stereocenters. The number of carbonyl (C=O) groups is 2. The molecule has 0 aromatic heterocycles. The standard InChI is InChI=1S/C22H22FN3O3/c1-24(2)17-4-3-5-18(14-17)26-21(27)19(15-6-8-16(23)9-7-15)20(22(26)28)25-10-12-29-13-11-25/h3-9,14H,10-13H2,1-2H3. The molecule has 7 heteroatoms. The number of anilines is 2. The van der Waals surface area contributed by atoms with E-state index in [9.17, 15) is 14.0 Å². The number of amides is 2. The van der Waals surface area contributed by atoms with E-state index in [0.29, 0.717) is 48.8 Å². The zero-order valence-electron chi connectivity index (χ0n) is 16.4. The quantitative estimate of drug-likeness (QED) is 0.745. The lowest BCUT2D eigenvalue weighted by molar-refractivity contribution is -0.121. The van der Waals surface area contributed by atoms with Gasteiger partial charge < -0.3 is 14.5 Å². The highest BCUT2D eigenvalue weighted by molar-refractivity contribution is 6.45. The molecule has 2 heterocycles. The Morgan fingerprint density at radius 1 is 0.966 bits per heavy atom. The molecule has 1 saturated heterocycles. The van der Waals surface area contributed by atoms with Crippen molar-refractivity contribution in [1.82, 2.24) is 4.90 Å². The molecule has 2 aromatic rings. The van der Waals surface area contributed by atoms with Crippen LogP contribution in [0.25, 0.3) is 5.57 Å². The molecular formula is C22H22FN3O3. The van der Waals surface area contributed by atoms with Crippen LogP contribution in [-0.2, 0) is 14.3 Å². The third-order valence-electron chi connectivity index (χ3n) is 5.12. The molecule has 29 heavy (non-hydrogen) atoms. The summed E-state index contributed by atoms with van der Waals surface area (Å²) in [6.07, 6.45) is 0. The fourth-order valence-electron chi connectivity index (χ4n) is 3.62. The first-order chi connectivity index (χ1) is 14.0. The summed E-state index contributed by atoms with van der Waals surface area (Å²) in [7, 11) is 3.79. The minimum absolute atomic E-state index is 0.298. The average Bonchev–Trinajstić information content (AvgIpc) is 2.99. The second kappa shape index (κ2) is 7.67. The van der Waals surface area contributed by atoms with Gasteiger partial charge in [-0.3, -0.25) is 9.59 Å². The molecular weight excluding hydrogens is 373 g/mol. The van der Waals surface area contributed by atoms with Crippen molar-refractivity contribution in [3.63, 3.8) is 0 Å². The van der Waals surface area contributed by atoms with E-state index in [-0.39, 0.29) is 5.91 Å².